The van der Waals surface area contributed by atoms with Crippen molar-refractivity contribution in [3.05, 3.63) is 65.0 Å². The molecule has 1 heterocycles. The molecule has 1 amide bonds. The van der Waals surface area contributed by atoms with Gasteiger partial charge in [-0.25, -0.2) is 0 Å². The minimum atomic E-state index is -0.458. The van der Waals surface area contributed by atoms with E-state index in [9.17, 15) is 4.79 Å². The molecule has 0 aliphatic rings. The molecule has 3 rings (SSSR count). The number of nitrogens with one attached hydrogen (secondary N) is 1. The zero-order valence-electron chi connectivity index (χ0n) is 11.7. The number of halogens is 1. The topological polar surface area (TPSA) is 68.0 Å². The Labute approximate surface area is 131 Å². The highest BCUT2D eigenvalue weighted by Crippen LogP contribution is 2.21. The highest BCUT2D eigenvalue weighted by atomic mass is 35.5. The maximum absolute atomic E-state index is 12.2. The normalized spacial score (nSPS) is 10.5. The molecule has 1 N–H and O–H groups in total. The van der Waals surface area contributed by atoms with Crippen LogP contribution >= 0.6 is 11.6 Å². The second-order valence-electron chi connectivity index (χ2n) is 4.69. The van der Waals surface area contributed by atoms with Gasteiger partial charge in [-0.2, -0.15) is 0 Å². The average molecular weight is 314 g/mol. The molecule has 0 unspecified atom stereocenters. The quantitative estimate of drug-likeness (QED) is 0.795. The smallest absolute Gasteiger partial charge is 0.313 e. The van der Waals surface area contributed by atoms with E-state index in [4.69, 9.17) is 16.0 Å². The van der Waals surface area contributed by atoms with Crippen LogP contribution < -0.4 is 5.32 Å². The summed E-state index contributed by atoms with van der Waals surface area (Å²) in [5, 5.41) is 11.0. The standard InChI is InChI=1S/C16H12ClN3O2/c1-10-9-12(17)7-8-13(10)18-14(21)16-20-19-15(22-16)11-5-3-2-4-6-11/h2-9H,1H3,(H,18,21). The number of aryl methyl sites for hydroxylation is 1. The number of carbonyl (C=O) groups is 1. The predicted molar refractivity (Wildman–Crippen MR) is 83.9 cm³/mol. The van der Waals surface area contributed by atoms with Crippen LogP contribution in [0.5, 0.6) is 0 Å². The maximum atomic E-state index is 12.2. The molecule has 0 aliphatic carbocycles. The molecule has 0 radical (unpaired) electrons. The Morgan fingerprint density at radius 1 is 1.14 bits per heavy atom. The van der Waals surface area contributed by atoms with Gasteiger partial charge in [0.05, 0.1) is 0 Å². The van der Waals surface area contributed by atoms with Gasteiger partial charge in [-0.05, 0) is 42.8 Å². The van der Waals surface area contributed by atoms with Crippen molar-refractivity contribution in [2.45, 2.75) is 6.92 Å². The summed E-state index contributed by atoms with van der Waals surface area (Å²) in [6, 6.07) is 14.5. The molecule has 3 aromatic rings. The minimum Gasteiger partial charge on any atom is -0.412 e. The first-order chi connectivity index (χ1) is 10.6. The van der Waals surface area contributed by atoms with E-state index in [1.54, 1.807) is 18.2 Å². The van der Waals surface area contributed by atoms with Crippen LogP contribution in [0, 0.1) is 6.92 Å². The van der Waals surface area contributed by atoms with Crippen LogP contribution in [0.25, 0.3) is 11.5 Å². The van der Waals surface area contributed by atoms with Crippen molar-refractivity contribution < 1.29 is 9.21 Å². The van der Waals surface area contributed by atoms with Crippen molar-refractivity contribution in [1.82, 2.24) is 10.2 Å². The van der Waals surface area contributed by atoms with E-state index in [-0.39, 0.29) is 5.89 Å². The van der Waals surface area contributed by atoms with Crippen molar-refractivity contribution in [1.29, 1.82) is 0 Å². The van der Waals surface area contributed by atoms with E-state index < -0.39 is 5.91 Å². The third-order valence-corrected chi connectivity index (χ3v) is 3.31. The lowest BCUT2D eigenvalue weighted by Gasteiger charge is -2.06. The highest BCUT2D eigenvalue weighted by Gasteiger charge is 2.16. The Morgan fingerprint density at radius 2 is 1.91 bits per heavy atom. The summed E-state index contributed by atoms with van der Waals surface area (Å²) in [5.74, 6) is -0.244. The van der Waals surface area contributed by atoms with Crippen molar-refractivity contribution in [2.75, 3.05) is 5.32 Å². The van der Waals surface area contributed by atoms with Crippen LogP contribution in [-0.2, 0) is 0 Å². The summed E-state index contributed by atoms with van der Waals surface area (Å²) in [4.78, 5) is 12.2. The predicted octanol–water partition coefficient (Wildman–Crippen LogP) is 3.95. The first-order valence-electron chi connectivity index (χ1n) is 6.60. The van der Waals surface area contributed by atoms with Gasteiger partial charge >= 0.3 is 11.8 Å². The molecule has 2 aromatic carbocycles. The lowest BCUT2D eigenvalue weighted by molar-refractivity contribution is 0.0990. The molecule has 0 aliphatic heterocycles. The minimum absolute atomic E-state index is 0.0896. The largest absolute Gasteiger partial charge is 0.412 e. The number of hydrogen-bond acceptors (Lipinski definition) is 4. The number of anilines is 1. The van der Waals surface area contributed by atoms with Gasteiger partial charge in [0, 0.05) is 16.3 Å². The summed E-state index contributed by atoms with van der Waals surface area (Å²) in [6.07, 6.45) is 0. The monoisotopic (exact) mass is 313 g/mol. The molecule has 0 bridgehead atoms. The van der Waals surface area contributed by atoms with Gasteiger partial charge in [0.1, 0.15) is 0 Å². The van der Waals surface area contributed by atoms with Gasteiger partial charge in [-0.3, -0.25) is 4.79 Å². The maximum Gasteiger partial charge on any atom is 0.313 e. The van der Waals surface area contributed by atoms with E-state index >= 15 is 0 Å². The van der Waals surface area contributed by atoms with Crippen LogP contribution in [0.15, 0.2) is 52.9 Å². The zero-order valence-corrected chi connectivity index (χ0v) is 12.5. The Balaban J connectivity index is 1.80. The molecule has 0 spiro atoms. The summed E-state index contributed by atoms with van der Waals surface area (Å²) in [7, 11) is 0. The van der Waals surface area contributed by atoms with E-state index in [0.29, 0.717) is 16.6 Å². The molecule has 0 atom stereocenters. The Morgan fingerprint density at radius 3 is 2.64 bits per heavy atom. The molecule has 5 nitrogen and oxygen atoms in total. The van der Waals surface area contributed by atoms with Crippen LogP contribution in [0.4, 0.5) is 5.69 Å². The van der Waals surface area contributed by atoms with Crippen molar-refractivity contribution >= 4 is 23.2 Å². The molecular weight excluding hydrogens is 302 g/mol. The van der Waals surface area contributed by atoms with Gasteiger partial charge < -0.3 is 9.73 Å². The van der Waals surface area contributed by atoms with Gasteiger partial charge in [-0.15, -0.1) is 10.2 Å². The van der Waals surface area contributed by atoms with Crippen molar-refractivity contribution in [3.8, 4) is 11.5 Å². The highest BCUT2D eigenvalue weighted by molar-refractivity contribution is 6.30. The van der Waals surface area contributed by atoms with Gasteiger partial charge in [0.25, 0.3) is 0 Å². The lowest BCUT2D eigenvalue weighted by Crippen LogP contribution is -2.13. The molecule has 22 heavy (non-hydrogen) atoms. The molecule has 110 valence electrons. The number of benzene rings is 2. The lowest BCUT2D eigenvalue weighted by atomic mass is 10.2. The second-order valence-corrected chi connectivity index (χ2v) is 5.13. The summed E-state index contributed by atoms with van der Waals surface area (Å²) < 4.78 is 5.41. The molecule has 0 saturated carbocycles. The number of hydrogen-bond donors (Lipinski definition) is 1. The van der Waals surface area contributed by atoms with E-state index in [2.05, 4.69) is 15.5 Å². The first-order valence-corrected chi connectivity index (χ1v) is 6.98. The molecule has 0 saturated heterocycles. The fraction of sp³-hybridized carbons (Fsp3) is 0.0625. The number of amides is 1. The van der Waals surface area contributed by atoms with Crippen LogP contribution in [0.2, 0.25) is 5.02 Å². The SMILES string of the molecule is Cc1cc(Cl)ccc1NC(=O)c1nnc(-c2ccccc2)o1. The number of nitrogens with zero attached hydrogens (tertiary/aromatic N) is 2. The van der Waals surface area contributed by atoms with Crippen LogP contribution in [-0.4, -0.2) is 16.1 Å². The fourth-order valence-electron chi connectivity index (χ4n) is 1.96. The van der Waals surface area contributed by atoms with Crippen molar-refractivity contribution in [2.24, 2.45) is 0 Å². The number of carbonyl (C=O) groups excluding carboxylic acids is 1. The van der Waals surface area contributed by atoms with E-state index in [1.165, 1.54) is 0 Å². The molecular formula is C16H12ClN3O2. The Bertz CT molecular complexity index is 815. The van der Waals surface area contributed by atoms with Crippen LogP contribution in [0.3, 0.4) is 0 Å². The number of aromatic nitrogens is 2. The summed E-state index contributed by atoms with van der Waals surface area (Å²) in [5.41, 5.74) is 2.26. The van der Waals surface area contributed by atoms with E-state index in [0.717, 1.165) is 11.1 Å². The third kappa shape index (κ3) is 2.99. The van der Waals surface area contributed by atoms with Crippen molar-refractivity contribution in [3.63, 3.8) is 0 Å². The Hall–Kier alpha value is -2.66. The van der Waals surface area contributed by atoms with E-state index in [1.807, 2.05) is 37.3 Å². The zero-order chi connectivity index (χ0) is 15.5. The molecule has 6 heteroatoms. The average Bonchev–Trinajstić information content (AvgIpc) is 3.01. The summed E-state index contributed by atoms with van der Waals surface area (Å²) >= 11 is 5.89. The summed E-state index contributed by atoms with van der Waals surface area (Å²) in [6.45, 7) is 1.85. The molecule has 0 fully saturated rings. The third-order valence-electron chi connectivity index (χ3n) is 3.08. The molecule has 1 aromatic heterocycles. The second kappa shape index (κ2) is 5.99. The van der Waals surface area contributed by atoms with Gasteiger partial charge in [-0.1, -0.05) is 29.8 Å². The number of rotatable bonds is 3. The van der Waals surface area contributed by atoms with Gasteiger partial charge in [0.2, 0.25) is 5.89 Å². The fourth-order valence-corrected chi connectivity index (χ4v) is 2.18. The Kier molecular flexibility index (Phi) is 3.89. The van der Waals surface area contributed by atoms with Gasteiger partial charge in [0.15, 0.2) is 0 Å². The first kappa shape index (κ1) is 14.3. The van der Waals surface area contributed by atoms with Crippen LogP contribution in [0.1, 0.15) is 16.2 Å².